The molecule has 4 bridgehead atoms. The summed E-state index contributed by atoms with van der Waals surface area (Å²) in [7, 11) is 0. The van der Waals surface area contributed by atoms with E-state index in [0.29, 0.717) is 11.3 Å². The molecule has 1 atom stereocenters. The largest absolute Gasteiger partial charge is 0.325 e. The summed E-state index contributed by atoms with van der Waals surface area (Å²) in [6, 6.07) is 0. The Hall–Kier alpha value is -0.0400. The van der Waals surface area contributed by atoms with Gasteiger partial charge in [-0.1, -0.05) is 13.8 Å². The van der Waals surface area contributed by atoms with Crippen LogP contribution in [0.2, 0.25) is 0 Å². The van der Waals surface area contributed by atoms with E-state index in [-0.39, 0.29) is 5.54 Å². The highest BCUT2D eigenvalue weighted by Gasteiger charge is 2.52. The lowest BCUT2D eigenvalue weighted by molar-refractivity contribution is -0.0702. The summed E-state index contributed by atoms with van der Waals surface area (Å²) in [6.07, 6.45) is 10.4. The third kappa shape index (κ3) is 2.05. The van der Waals surface area contributed by atoms with Crippen molar-refractivity contribution in [2.45, 2.75) is 71.3 Å². The van der Waals surface area contributed by atoms with Crippen LogP contribution in [0.15, 0.2) is 0 Å². The van der Waals surface area contributed by atoms with Crippen molar-refractivity contribution in [3.63, 3.8) is 0 Å². The van der Waals surface area contributed by atoms with E-state index in [2.05, 4.69) is 20.8 Å². The average Bonchev–Trinajstić information content (AvgIpc) is 2.12. The van der Waals surface area contributed by atoms with Gasteiger partial charge in [0.05, 0.1) is 0 Å². The van der Waals surface area contributed by atoms with E-state index in [0.717, 1.165) is 17.8 Å². The first-order valence-corrected chi connectivity index (χ1v) is 7.67. The summed E-state index contributed by atoms with van der Waals surface area (Å²) in [5, 5.41) is 0. The molecule has 0 aliphatic heterocycles. The van der Waals surface area contributed by atoms with Crippen molar-refractivity contribution < 1.29 is 0 Å². The topological polar surface area (TPSA) is 26.0 Å². The van der Waals surface area contributed by atoms with Crippen molar-refractivity contribution >= 4 is 0 Å². The lowest BCUT2D eigenvalue weighted by atomic mass is 9.47. The van der Waals surface area contributed by atoms with Gasteiger partial charge >= 0.3 is 0 Å². The van der Waals surface area contributed by atoms with E-state index >= 15 is 0 Å². The number of rotatable bonds is 3. The second-order valence-corrected chi connectivity index (χ2v) is 8.25. The summed E-state index contributed by atoms with van der Waals surface area (Å²) in [6.45, 7) is 6.87. The smallest absolute Gasteiger partial charge is 0.0154 e. The number of nitrogens with two attached hydrogens (primary N) is 1. The van der Waals surface area contributed by atoms with E-state index < -0.39 is 0 Å². The van der Waals surface area contributed by atoms with Crippen LogP contribution >= 0.6 is 0 Å². The molecule has 0 aromatic carbocycles. The van der Waals surface area contributed by atoms with Crippen LogP contribution in [0, 0.1) is 29.1 Å². The third-order valence-electron chi connectivity index (χ3n) is 6.24. The van der Waals surface area contributed by atoms with Gasteiger partial charge in [-0.25, -0.2) is 0 Å². The van der Waals surface area contributed by atoms with Gasteiger partial charge in [0.1, 0.15) is 0 Å². The van der Waals surface area contributed by atoms with Crippen LogP contribution in [-0.2, 0) is 0 Å². The fourth-order valence-corrected chi connectivity index (χ4v) is 5.52. The van der Waals surface area contributed by atoms with Gasteiger partial charge in [0, 0.05) is 5.54 Å². The predicted molar refractivity (Wildman–Crippen MR) is 72.7 cm³/mol. The molecule has 4 saturated carbocycles. The Kier molecular flexibility index (Phi) is 2.63. The molecule has 0 aromatic heterocycles. The molecule has 4 aliphatic rings. The predicted octanol–water partition coefficient (Wildman–Crippen LogP) is 3.97. The van der Waals surface area contributed by atoms with Crippen LogP contribution in [0.3, 0.4) is 0 Å². The molecule has 0 radical (unpaired) electrons. The quantitative estimate of drug-likeness (QED) is 0.787. The highest BCUT2D eigenvalue weighted by molar-refractivity contribution is 5.04. The van der Waals surface area contributed by atoms with Crippen molar-refractivity contribution in [3.8, 4) is 0 Å². The zero-order chi connectivity index (χ0) is 12.3. The molecule has 4 fully saturated rings. The minimum atomic E-state index is 0.0473. The second-order valence-electron chi connectivity index (χ2n) is 8.25. The van der Waals surface area contributed by atoms with E-state index in [1.54, 1.807) is 19.3 Å². The summed E-state index contributed by atoms with van der Waals surface area (Å²) in [5.41, 5.74) is 7.27. The van der Waals surface area contributed by atoms with Gasteiger partial charge in [-0.15, -0.1) is 0 Å². The fourth-order valence-electron chi connectivity index (χ4n) is 5.52. The first kappa shape index (κ1) is 12.0. The Balaban J connectivity index is 1.78. The first-order valence-electron chi connectivity index (χ1n) is 7.67. The molecule has 0 spiro atoms. The zero-order valence-corrected chi connectivity index (χ0v) is 11.8. The summed E-state index contributed by atoms with van der Waals surface area (Å²) >= 11 is 0. The van der Waals surface area contributed by atoms with E-state index in [4.69, 9.17) is 5.73 Å². The molecule has 1 nitrogen and oxygen atoms in total. The van der Waals surface area contributed by atoms with Crippen molar-refractivity contribution in [2.75, 3.05) is 0 Å². The molecule has 0 aromatic rings. The van der Waals surface area contributed by atoms with E-state index in [1.165, 1.54) is 25.7 Å². The van der Waals surface area contributed by atoms with Crippen LogP contribution < -0.4 is 5.73 Å². The maximum atomic E-state index is 6.58. The average molecular weight is 235 g/mol. The fraction of sp³-hybridized carbons (Fsp3) is 1.00. The molecular weight excluding hydrogens is 206 g/mol. The van der Waals surface area contributed by atoms with Crippen molar-refractivity contribution in [1.82, 2.24) is 0 Å². The van der Waals surface area contributed by atoms with Gasteiger partial charge in [-0.05, 0) is 81.0 Å². The minimum absolute atomic E-state index is 0.0473. The minimum Gasteiger partial charge on any atom is -0.325 e. The van der Waals surface area contributed by atoms with E-state index in [1.807, 2.05) is 0 Å². The lowest BCUT2D eigenvalue weighted by Gasteiger charge is -2.59. The van der Waals surface area contributed by atoms with Gasteiger partial charge in [-0.3, -0.25) is 0 Å². The van der Waals surface area contributed by atoms with E-state index in [9.17, 15) is 0 Å². The summed E-state index contributed by atoms with van der Waals surface area (Å²) in [4.78, 5) is 0. The van der Waals surface area contributed by atoms with Crippen LogP contribution in [-0.4, -0.2) is 5.54 Å². The van der Waals surface area contributed by atoms with Gasteiger partial charge < -0.3 is 5.73 Å². The molecule has 0 heterocycles. The van der Waals surface area contributed by atoms with Crippen LogP contribution in [0.5, 0.6) is 0 Å². The Bertz CT molecular complexity index is 267. The molecule has 0 saturated heterocycles. The van der Waals surface area contributed by atoms with Gasteiger partial charge in [0.2, 0.25) is 0 Å². The standard InChI is InChI=1S/C16H29N/c1-11(2)15(3,17)10-16-7-12-4-13(8-16)6-14(5-12)9-16/h11-14H,4-10,17H2,1-3H3. The molecular formula is C16H29N. The monoisotopic (exact) mass is 235 g/mol. The van der Waals surface area contributed by atoms with Crippen molar-refractivity contribution in [1.29, 1.82) is 0 Å². The molecule has 1 heteroatoms. The molecule has 17 heavy (non-hydrogen) atoms. The molecule has 98 valence electrons. The van der Waals surface area contributed by atoms with Crippen LogP contribution in [0.1, 0.15) is 65.7 Å². The molecule has 2 N–H and O–H groups in total. The SMILES string of the molecule is CC(C)C(C)(N)CC12CC3CC(CC(C3)C1)C2. The highest BCUT2D eigenvalue weighted by atomic mass is 14.8. The lowest BCUT2D eigenvalue weighted by Crippen LogP contribution is -2.53. The van der Waals surface area contributed by atoms with Gasteiger partial charge in [0.25, 0.3) is 0 Å². The molecule has 4 rings (SSSR count). The molecule has 0 amide bonds. The Morgan fingerprint density at radius 3 is 1.82 bits per heavy atom. The Labute approximate surface area is 107 Å². The van der Waals surface area contributed by atoms with Crippen LogP contribution in [0.25, 0.3) is 0 Å². The first-order chi connectivity index (χ1) is 7.89. The van der Waals surface area contributed by atoms with Crippen molar-refractivity contribution in [3.05, 3.63) is 0 Å². The number of hydrogen-bond donors (Lipinski definition) is 1. The maximum absolute atomic E-state index is 6.58. The molecule has 4 aliphatic carbocycles. The van der Waals surface area contributed by atoms with Gasteiger partial charge in [0.15, 0.2) is 0 Å². The molecule has 1 unspecified atom stereocenters. The Morgan fingerprint density at radius 2 is 1.47 bits per heavy atom. The highest BCUT2D eigenvalue weighted by Crippen LogP contribution is 2.62. The number of hydrogen-bond acceptors (Lipinski definition) is 1. The zero-order valence-electron chi connectivity index (χ0n) is 11.8. The normalized spacial score (nSPS) is 47.5. The maximum Gasteiger partial charge on any atom is 0.0154 e. The summed E-state index contributed by atoms with van der Waals surface area (Å²) in [5.74, 6) is 3.79. The Morgan fingerprint density at radius 1 is 1.06 bits per heavy atom. The van der Waals surface area contributed by atoms with Crippen LogP contribution in [0.4, 0.5) is 0 Å². The van der Waals surface area contributed by atoms with Crippen molar-refractivity contribution in [2.24, 2.45) is 34.8 Å². The van der Waals surface area contributed by atoms with Gasteiger partial charge in [-0.2, -0.15) is 0 Å². The second kappa shape index (κ2) is 3.73. The summed E-state index contributed by atoms with van der Waals surface area (Å²) < 4.78 is 0. The third-order valence-corrected chi connectivity index (χ3v) is 6.24.